The van der Waals surface area contributed by atoms with E-state index in [9.17, 15) is 15.0 Å². The first-order valence-corrected chi connectivity index (χ1v) is 12.6. The van der Waals surface area contributed by atoms with E-state index in [1.54, 1.807) is 6.07 Å². The van der Waals surface area contributed by atoms with Crippen LogP contribution in [0.4, 0.5) is 0 Å². The molecule has 2 aromatic carbocycles. The fourth-order valence-electron chi connectivity index (χ4n) is 7.04. The minimum absolute atomic E-state index is 0.0503. The molecule has 6 rings (SSSR count). The summed E-state index contributed by atoms with van der Waals surface area (Å²) in [5, 5.41) is 26.3. The number of ether oxygens (including phenoxy) is 1. The van der Waals surface area contributed by atoms with Crippen LogP contribution in [0.5, 0.6) is 11.5 Å². The summed E-state index contributed by atoms with van der Waals surface area (Å²) in [6.45, 7) is 5.45. The van der Waals surface area contributed by atoms with E-state index >= 15 is 0 Å². The molecule has 3 N–H and O–H groups in total. The van der Waals surface area contributed by atoms with Crippen molar-refractivity contribution in [2.24, 2.45) is 0 Å². The third-order valence-electron chi connectivity index (χ3n) is 8.34. The Labute approximate surface area is 206 Å². The third-order valence-corrected chi connectivity index (χ3v) is 9.01. The topological polar surface area (TPSA) is 82.0 Å². The molecule has 1 saturated carbocycles. The fourth-order valence-corrected chi connectivity index (χ4v) is 7.59. The van der Waals surface area contributed by atoms with Crippen molar-refractivity contribution in [2.45, 2.75) is 54.9 Å². The van der Waals surface area contributed by atoms with Gasteiger partial charge in [-0.3, -0.25) is 9.69 Å². The van der Waals surface area contributed by atoms with Crippen molar-refractivity contribution in [3.63, 3.8) is 0 Å². The molecule has 172 valence electrons. The predicted octanol–water partition coefficient (Wildman–Crippen LogP) is 3.14. The van der Waals surface area contributed by atoms with Crippen molar-refractivity contribution in [1.29, 1.82) is 0 Å². The molecule has 1 amide bonds. The van der Waals surface area contributed by atoms with Crippen molar-refractivity contribution in [2.75, 3.05) is 13.1 Å². The largest absolute Gasteiger partial charge is 0.504 e. The lowest BCUT2D eigenvalue weighted by atomic mass is 9.48. The van der Waals surface area contributed by atoms with Crippen LogP contribution in [-0.4, -0.2) is 57.9 Å². The minimum Gasteiger partial charge on any atom is -0.504 e. The Bertz CT molecular complexity index is 1170. The molecule has 33 heavy (non-hydrogen) atoms. The van der Waals surface area contributed by atoms with Gasteiger partial charge in [-0.2, -0.15) is 0 Å². The van der Waals surface area contributed by atoms with Crippen LogP contribution in [0.15, 0.2) is 49.1 Å². The van der Waals surface area contributed by atoms with E-state index in [1.807, 2.05) is 36.4 Å². The van der Waals surface area contributed by atoms with Crippen molar-refractivity contribution in [1.82, 2.24) is 10.2 Å². The second-order valence-electron chi connectivity index (χ2n) is 9.76. The van der Waals surface area contributed by atoms with Crippen LogP contribution >= 0.6 is 22.6 Å². The number of likely N-dealkylation sites (tertiary alicyclic amines) is 1. The summed E-state index contributed by atoms with van der Waals surface area (Å²) in [5.74, 6) is 0.456. The maximum absolute atomic E-state index is 13.1. The number of phenolic OH excluding ortho intramolecular Hbond substituents is 1. The zero-order valence-corrected chi connectivity index (χ0v) is 20.4. The maximum atomic E-state index is 13.1. The summed E-state index contributed by atoms with van der Waals surface area (Å²) in [6, 6.07) is 10.9. The van der Waals surface area contributed by atoms with Crippen LogP contribution in [0, 0.1) is 3.57 Å². The number of hydrogen-bond acceptors (Lipinski definition) is 5. The maximum Gasteiger partial charge on any atom is 0.251 e. The van der Waals surface area contributed by atoms with Crippen LogP contribution in [0.1, 0.15) is 40.7 Å². The van der Waals surface area contributed by atoms with Crippen molar-refractivity contribution in [3.8, 4) is 11.5 Å². The van der Waals surface area contributed by atoms with Gasteiger partial charge in [-0.1, -0.05) is 18.2 Å². The molecule has 2 bridgehead atoms. The van der Waals surface area contributed by atoms with E-state index in [0.717, 1.165) is 27.8 Å². The zero-order chi connectivity index (χ0) is 23.0. The lowest BCUT2D eigenvalue weighted by Crippen LogP contribution is -2.78. The predicted molar refractivity (Wildman–Crippen MR) is 133 cm³/mol. The highest BCUT2D eigenvalue weighted by Gasteiger charge is 2.72. The molecule has 2 aliphatic carbocycles. The molecule has 7 heteroatoms. The fraction of sp³-hybridized carbons (Fsp3) is 0.423. The first kappa shape index (κ1) is 21.4. The summed E-state index contributed by atoms with van der Waals surface area (Å²) in [7, 11) is 0. The summed E-state index contributed by atoms with van der Waals surface area (Å²) in [6.07, 6.45) is 4.06. The van der Waals surface area contributed by atoms with Gasteiger partial charge in [-0.05, 0) is 84.6 Å². The van der Waals surface area contributed by atoms with Crippen LogP contribution in [0.3, 0.4) is 0 Å². The van der Waals surface area contributed by atoms with Gasteiger partial charge in [0.25, 0.3) is 5.91 Å². The number of piperidine rings is 1. The summed E-state index contributed by atoms with van der Waals surface area (Å²) in [5.41, 5.74) is 1.05. The molecular formula is C26H27IN2O4. The molecule has 2 heterocycles. The van der Waals surface area contributed by atoms with Gasteiger partial charge in [0.05, 0.1) is 17.1 Å². The number of carbonyl (C=O) groups excluding carboxylic acids is 1. The first-order chi connectivity index (χ1) is 15.9. The third kappa shape index (κ3) is 2.82. The lowest BCUT2D eigenvalue weighted by Gasteiger charge is -2.64. The Morgan fingerprint density at radius 1 is 1.33 bits per heavy atom. The van der Waals surface area contributed by atoms with E-state index in [4.69, 9.17) is 4.74 Å². The van der Waals surface area contributed by atoms with Crippen LogP contribution in [0.2, 0.25) is 0 Å². The Hall–Kier alpha value is -2.10. The van der Waals surface area contributed by atoms with Gasteiger partial charge in [0.15, 0.2) is 11.5 Å². The standard InChI is InChI=1S/C26H27IN2O4/c1-2-11-29-12-10-25-21-15-6-7-19(30)22(21)33-23(25)18(8-9-26(25,32)20(29)14-15)28-24(31)16-4-3-5-17(27)13-16/h2-7,13,18,20,23,30,32H,1,8-12,14H2,(H,28,31)/t18?,20-,23?,25+,26-/m1/s1. The highest BCUT2D eigenvalue weighted by molar-refractivity contribution is 14.1. The second kappa shape index (κ2) is 7.45. The lowest BCUT2D eigenvalue weighted by molar-refractivity contribution is -0.188. The second-order valence-corrected chi connectivity index (χ2v) is 11.0. The van der Waals surface area contributed by atoms with Gasteiger partial charge >= 0.3 is 0 Å². The van der Waals surface area contributed by atoms with Gasteiger partial charge in [0.1, 0.15) is 6.10 Å². The zero-order valence-electron chi connectivity index (χ0n) is 18.3. The molecule has 0 radical (unpaired) electrons. The molecule has 1 spiro atoms. The van der Waals surface area contributed by atoms with Gasteiger partial charge < -0.3 is 20.3 Å². The van der Waals surface area contributed by atoms with E-state index in [-0.39, 0.29) is 23.7 Å². The SMILES string of the molecule is C=CCN1CC[C@]23c4c5ccc(O)c4OC2C(NC(=O)c2cccc(I)c2)CC[C@@]3(O)[C@H]1C5. The Balaban J connectivity index is 1.43. The number of nitrogens with one attached hydrogen (secondary N) is 1. The average molecular weight is 558 g/mol. The molecule has 2 aromatic rings. The number of rotatable bonds is 4. The number of amides is 1. The smallest absolute Gasteiger partial charge is 0.251 e. The summed E-state index contributed by atoms with van der Waals surface area (Å²) in [4.78, 5) is 15.5. The van der Waals surface area contributed by atoms with Crippen LogP contribution < -0.4 is 10.1 Å². The molecule has 0 aromatic heterocycles. The monoisotopic (exact) mass is 558 g/mol. The van der Waals surface area contributed by atoms with E-state index in [0.29, 0.717) is 37.0 Å². The number of halogens is 1. The number of hydrogen-bond donors (Lipinski definition) is 3. The molecule has 1 saturated heterocycles. The quantitative estimate of drug-likeness (QED) is 0.397. The molecule has 6 nitrogen and oxygen atoms in total. The van der Waals surface area contributed by atoms with Crippen LogP contribution in [0.25, 0.3) is 0 Å². The number of benzene rings is 2. The number of carbonyl (C=O) groups is 1. The molecule has 5 atom stereocenters. The summed E-state index contributed by atoms with van der Waals surface area (Å²) >= 11 is 2.20. The van der Waals surface area contributed by atoms with E-state index in [2.05, 4.69) is 39.4 Å². The number of aromatic hydroxyl groups is 1. The number of nitrogens with zero attached hydrogens (tertiary/aromatic N) is 1. The highest BCUT2D eigenvalue weighted by atomic mass is 127. The van der Waals surface area contributed by atoms with Crippen LogP contribution in [-0.2, 0) is 11.8 Å². The molecular weight excluding hydrogens is 531 g/mol. The van der Waals surface area contributed by atoms with Gasteiger partial charge in [0.2, 0.25) is 0 Å². The Morgan fingerprint density at radius 3 is 2.97 bits per heavy atom. The molecule has 4 aliphatic rings. The van der Waals surface area contributed by atoms with Gasteiger partial charge in [-0.25, -0.2) is 0 Å². The van der Waals surface area contributed by atoms with E-state index in [1.165, 1.54) is 0 Å². The highest BCUT2D eigenvalue weighted by Crippen LogP contribution is 2.65. The van der Waals surface area contributed by atoms with Crippen molar-refractivity contribution < 1.29 is 19.7 Å². The Morgan fingerprint density at radius 2 is 2.18 bits per heavy atom. The summed E-state index contributed by atoms with van der Waals surface area (Å²) < 4.78 is 7.48. The molecule has 2 aliphatic heterocycles. The average Bonchev–Trinajstić information content (AvgIpc) is 3.15. The first-order valence-electron chi connectivity index (χ1n) is 11.5. The Kier molecular flexibility index (Phi) is 4.84. The van der Waals surface area contributed by atoms with Gasteiger partial charge in [-0.15, -0.1) is 6.58 Å². The van der Waals surface area contributed by atoms with Crippen molar-refractivity contribution in [3.05, 3.63) is 69.3 Å². The van der Waals surface area contributed by atoms with Crippen molar-refractivity contribution >= 4 is 28.5 Å². The number of phenols is 1. The normalized spacial score (nSPS) is 33.7. The number of aliphatic hydroxyl groups is 1. The minimum atomic E-state index is -0.992. The molecule has 2 fully saturated rings. The van der Waals surface area contributed by atoms with Gasteiger partial charge in [0, 0.05) is 27.3 Å². The van der Waals surface area contributed by atoms with E-state index < -0.39 is 17.1 Å². The molecule has 2 unspecified atom stereocenters.